The number of carbonyl (C=O) groups excluding carboxylic acids is 1. The van der Waals surface area contributed by atoms with E-state index in [1.165, 1.54) is 12.8 Å². The van der Waals surface area contributed by atoms with Crippen LogP contribution in [0, 0.1) is 0 Å². The summed E-state index contributed by atoms with van der Waals surface area (Å²) in [4.78, 5) is 19.1. The molecule has 2 rings (SSSR count). The van der Waals surface area contributed by atoms with E-state index in [4.69, 9.17) is 0 Å². The topological polar surface area (TPSA) is 38.8 Å². The van der Waals surface area contributed by atoms with Gasteiger partial charge in [-0.1, -0.05) is 0 Å². The molecule has 2 aliphatic heterocycles. The zero-order valence-corrected chi connectivity index (χ0v) is 13.3. The van der Waals surface area contributed by atoms with Crippen molar-refractivity contribution in [2.45, 2.75) is 38.8 Å². The van der Waals surface area contributed by atoms with Crippen molar-refractivity contribution in [3.8, 4) is 0 Å². The number of hydrogen-bond acceptors (Lipinski definition) is 4. The van der Waals surface area contributed by atoms with E-state index in [0.717, 1.165) is 39.3 Å². The molecular formula is C15H30N4O. The number of rotatable bonds is 5. The summed E-state index contributed by atoms with van der Waals surface area (Å²) in [5.74, 6) is 0.296. The summed E-state index contributed by atoms with van der Waals surface area (Å²) in [7, 11) is 2.12. The lowest BCUT2D eigenvalue weighted by atomic mass is 10.2. The molecule has 0 bridgehead atoms. The van der Waals surface area contributed by atoms with Gasteiger partial charge in [-0.3, -0.25) is 9.69 Å². The van der Waals surface area contributed by atoms with Crippen LogP contribution in [0.4, 0.5) is 0 Å². The molecule has 5 nitrogen and oxygen atoms in total. The fraction of sp³-hybridized carbons (Fsp3) is 0.933. The van der Waals surface area contributed by atoms with E-state index in [1.54, 1.807) is 0 Å². The number of nitrogens with zero attached hydrogens (tertiary/aromatic N) is 3. The van der Waals surface area contributed by atoms with Gasteiger partial charge in [0, 0.05) is 44.8 Å². The number of hydrogen-bond donors (Lipinski definition) is 1. The monoisotopic (exact) mass is 282 g/mol. The summed E-state index contributed by atoms with van der Waals surface area (Å²) in [6.07, 6.45) is 2.51. The van der Waals surface area contributed by atoms with Crippen molar-refractivity contribution in [1.29, 1.82) is 0 Å². The van der Waals surface area contributed by atoms with Gasteiger partial charge in [-0.25, -0.2) is 0 Å². The molecule has 116 valence electrons. The average molecular weight is 282 g/mol. The number of carbonyl (C=O) groups is 1. The predicted molar refractivity (Wildman–Crippen MR) is 81.8 cm³/mol. The van der Waals surface area contributed by atoms with Gasteiger partial charge in [-0.2, -0.15) is 0 Å². The van der Waals surface area contributed by atoms with Gasteiger partial charge in [0.05, 0.1) is 6.54 Å². The van der Waals surface area contributed by atoms with Gasteiger partial charge in [-0.05, 0) is 40.3 Å². The molecule has 2 aliphatic rings. The van der Waals surface area contributed by atoms with Crippen molar-refractivity contribution in [3.63, 3.8) is 0 Å². The van der Waals surface area contributed by atoms with Crippen LogP contribution in [0.5, 0.6) is 0 Å². The highest BCUT2D eigenvalue weighted by Gasteiger charge is 2.25. The SMILES string of the molecule is CC(C)N(CC(=O)N1CCN(C)CC1)CC1CCCN1. The number of nitrogens with one attached hydrogen (secondary N) is 1. The van der Waals surface area contributed by atoms with Crippen LogP contribution in [0.3, 0.4) is 0 Å². The third kappa shape index (κ3) is 4.43. The second-order valence-corrected chi connectivity index (χ2v) is 6.50. The Labute approximate surface area is 123 Å². The Morgan fingerprint density at radius 2 is 2.00 bits per heavy atom. The van der Waals surface area contributed by atoms with Gasteiger partial charge in [0.15, 0.2) is 0 Å². The predicted octanol–water partition coefficient (Wildman–Crippen LogP) is 0.223. The van der Waals surface area contributed by atoms with Gasteiger partial charge >= 0.3 is 0 Å². The fourth-order valence-corrected chi connectivity index (χ4v) is 2.98. The smallest absolute Gasteiger partial charge is 0.236 e. The molecule has 0 aromatic rings. The zero-order valence-electron chi connectivity index (χ0n) is 13.3. The standard InChI is InChI=1S/C15H30N4O/c1-13(2)19(11-14-5-4-6-16-14)12-15(20)18-9-7-17(3)8-10-18/h13-14,16H,4-12H2,1-3H3. The van der Waals surface area contributed by atoms with Gasteiger partial charge in [0.25, 0.3) is 0 Å². The van der Waals surface area contributed by atoms with Crippen molar-refractivity contribution in [2.24, 2.45) is 0 Å². The minimum absolute atomic E-state index is 0.296. The maximum atomic E-state index is 12.4. The van der Waals surface area contributed by atoms with Crippen LogP contribution in [0.1, 0.15) is 26.7 Å². The summed E-state index contributed by atoms with van der Waals surface area (Å²) in [5, 5.41) is 3.53. The lowest BCUT2D eigenvalue weighted by Crippen LogP contribution is -2.52. The second-order valence-electron chi connectivity index (χ2n) is 6.50. The zero-order chi connectivity index (χ0) is 14.5. The first-order valence-electron chi connectivity index (χ1n) is 8.00. The normalized spacial score (nSPS) is 24.9. The van der Waals surface area contributed by atoms with Crippen LogP contribution < -0.4 is 5.32 Å². The molecule has 0 aromatic heterocycles. The number of amides is 1. The van der Waals surface area contributed by atoms with Crippen LogP contribution in [-0.4, -0.2) is 85.6 Å². The fourth-order valence-electron chi connectivity index (χ4n) is 2.98. The van der Waals surface area contributed by atoms with Crippen molar-refractivity contribution in [2.75, 3.05) is 52.9 Å². The summed E-state index contributed by atoms with van der Waals surface area (Å²) >= 11 is 0. The van der Waals surface area contributed by atoms with E-state index in [9.17, 15) is 4.79 Å². The first kappa shape index (κ1) is 15.7. The van der Waals surface area contributed by atoms with Crippen molar-refractivity contribution in [3.05, 3.63) is 0 Å². The largest absolute Gasteiger partial charge is 0.339 e. The third-order valence-electron chi connectivity index (χ3n) is 4.54. The van der Waals surface area contributed by atoms with Gasteiger partial charge in [-0.15, -0.1) is 0 Å². The van der Waals surface area contributed by atoms with Crippen LogP contribution in [0.15, 0.2) is 0 Å². The lowest BCUT2D eigenvalue weighted by molar-refractivity contribution is -0.134. The van der Waals surface area contributed by atoms with Crippen molar-refractivity contribution >= 4 is 5.91 Å². The van der Waals surface area contributed by atoms with Crippen molar-refractivity contribution in [1.82, 2.24) is 20.0 Å². The lowest BCUT2D eigenvalue weighted by Gasteiger charge is -2.35. The molecule has 1 N–H and O–H groups in total. The Kier molecular flexibility index (Phi) is 5.81. The van der Waals surface area contributed by atoms with Crippen LogP contribution in [0.25, 0.3) is 0 Å². The third-order valence-corrected chi connectivity index (χ3v) is 4.54. The molecule has 2 saturated heterocycles. The van der Waals surface area contributed by atoms with E-state index in [0.29, 0.717) is 24.5 Å². The Hall–Kier alpha value is -0.650. The minimum atomic E-state index is 0.296. The molecule has 1 unspecified atom stereocenters. The molecule has 1 amide bonds. The van der Waals surface area contributed by atoms with E-state index in [-0.39, 0.29) is 0 Å². The van der Waals surface area contributed by atoms with E-state index < -0.39 is 0 Å². The number of likely N-dealkylation sites (N-methyl/N-ethyl adjacent to an activating group) is 1. The quantitative estimate of drug-likeness (QED) is 0.783. The molecule has 1 atom stereocenters. The Morgan fingerprint density at radius 3 is 2.55 bits per heavy atom. The van der Waals surface area contributed by atoms with Crippen LogP contribution in [-0.2, 0) is 4.79 Å². The highest BCUT2D eigenvalue weighted by atomic mass is 16.2. The molecule has 0 radical (unpaired) electrons. The second kappa shape index (κ2) is 7.38. The first-order chi connectivity index (χ1) is 9.56. The molecule has 20 heavy (non-hydrogen) atoms. The summed E-state index contributed by atoms with van der Waals surface area (Å²) in [5.41, 5.74) is 0. The Morgan fingerprint density at radius 1 is 1.30 bits per heavy atom. The highest BCUT2D eigenvalue weighted by molar-refractivity contribution is 5.78. The van der Waals surface area contributed by atoms with Gasteiger partial charge in [0.1, 0.15) is 0 Å². The van der Waals surface area contributed by atoms with Gasteiger partial charge < -0.3 is 15.1 Å². The minimum Gasteiger partial charge on any atom is -0.339 e. The molecule has 0 spiro atoms. The average Bonchev–Trinajstić information content (AvgIpc) is 2.91. The summed E-state index contributed by atoms with van der Waals surface area (Å²) in [6.45, 7) is 10.8. The molecule has 5 heteroatoms. The highest BCUT2D eigenvalue weighted by Crippen LogP contribution is 2.10. The summed E-state index contributed by atoms with van der Waals surface area (Å²) in [6, 6.07) is 0.992. The van der Waals surface area contributed by atoms with Crippen LogP contribution in [0.2, 0.25) is 0 Å². The summed E-state index contributed by atoms with van der Waals surface area (Å²) < 4.78 is 0. The number of piperazine rings is 1. The maximum Gasteiger partial charge on any atom is 0.236 e. The van der Waals surface area contributed by atoms with E-state index in [2.05, 4.69) is 36.0 Å². The molecular weight excluding hydrogens is 252 g/mol. The maximum absolute atomic E-state index is 12.4. The van der Waals surface area contributed by atoms with Crippen molar-refractivity contribution < 1.29 is 4.79 Å². The first-order valence-corrected chi connectivity index (χ1v) is 8.00. The molecule has 0 aliphatic carbocycles. The molecule has 0 aromatic carbocycles. The van der Waals surface area contributed by atoms with E-state index in [1.807, 2.05) is 4.90 Å². The Bertz CT molecular complexity index is 307. The van der Waals surface area contributed by atoms with E-state index >= 15 is 0 Å². The molecule has 2 fully saturated rings. The molecule has 2 heterocycles. The van der Waals surface area contributed by atoms with Crippen LogP contribution >= 0.6 is 0 Å². The molecule has 0 saturated carbocycles. The van der Waals surface area contributed by atoms with Gasteiger partial charge in [0.2, 0.25) is 5.91 Å². The Balaban J connectivity index is 1.82.